The van der Waals surface area contributed by atoms with Crippen molar-refractivity contribution in [2.45, 2.75) is 31.8 Å². The predicted molar refractivity (Wildman–Crippen MR) is 73.6 cm³/mol. The monoisotopic (exact) mass is 280 g/mol. The molecular weight excluding hydrogens is 260 g/mol. The quantitative estimate of drug-likeness (QED) is 0.846. The van der Waals surface area contributed by atoms with Crippen LogP contribution in [-0.4, -0.2) is 31.3 Å². The third-order valence-corrected chi connectivity index (χ3v) is 3.55. The van der Waals surface area contributed by atoms with E-state index in [1.807, 2.05) is 0 Å². The van der Waals surface area contributed by atoms with Crippen LogP contribution < -0.4 is 15.2 Å². The van der Waals surface area contributed by atoms with E-state index in [0.29, 0.717) is 17.4 Å². The number of pyridine rings is 1. The molecule has 6 heteroatoms. The van der Waals surface area contributed by atoms with E-state index >= 15 is 0 Å². The third kappa shape index (κ3) is 3.31. The summed E-state index contributed by atoms with van der Waals surface area (Å²) in [5.41, 5.74) is 6.19. The average Bonchev–Trinajstić information content (AvgIpc) is 2.49. The van der Waals surface area contributed by atoms with Crippen LogP contribution in [0.3, 0.4) is 0 Å². The first kappa shape index (κ1) is 14.4. The summed E-state index contributed by atoms with van der Waals surface area (Å²) in [6.07, 6.45) is 3.26. The summed E-state index contributed by atoms with van der Waals surface area (Å²) < 4.78 is 15.6. The van der Waals surface area contributed by atoms with Crippen LogP contribution in [-0.2, 0) is 9.53 Å². The summed E-state index contributed by atoms with van der Waals surface area (Å²) in [5, 5.41) is 0. The molecule has 1 aromatic rings. The van der Waals surface area contributed by atoms with Crippen molar-refractivity contribution >= 4 is 11.7 Å². The van der Waals surface area contributed by atoms with E-state index in [1.54, 1.807) is 12.1 Å². The van der Waals surface area contributed by atoms with Crippen LogP contribution in [0.15, 0.2) is 12.1 Å². The van der Waals surface area contributed by atoms with Crippen molar-refractivity contribution in [3.05, 3.63) is 12.1 Å². The Bertz CT molecular complexity index is 470. The fourth-order valence-corrected chi connectivity index (χ4v) is 2.42. The molecule has 6 nitrogen and oxygen atoms in total. The number of rotatable bonds is 4. The topological polar surface area (TPSA) is 83.7 Å². The molecule has 1 aliphatic carbocycles. The van der Waals surface area contributed by atoms with E-state index in [1.165, 1.54) is 14.2 Å². The molecule has 1 aromatic heterocycles. The Balaban J connectivity index is 1.91. The van der Waals surface area contributed by atoms with E-state index in [-0.39, 0.29) is 18.0 Å². The lowest BCUT2D eigenvalue weighted by molar-refractivity contribution is -0.147. The normalized spacial score (nSPS) is 22.1. The number of anilines is 1. The molecular formula is C14H20N2O4. The van der Waals surface area contributed by atoms with Gasteiger partial charge in [-0.1, -0.05) is 0 Å². The Hall–Kier alpha value is -1.98. The van der Waals surface area contributed by atoms with E-state index < -0.39 is 0 Å². The maximum atomic E-state index is 11.4. The van der Waals surface area contributed by atoms with Gasteiger partial charge < -0.3 is 19.9 Å². The summed E-state index contributed by atoms with van der Waals surface area (Å²) in [4.78, 5) is 15.6. The molecule has 0 bridgehead atoms. The van der Waals surface area contributed by atoms with Crippen LogP contribution in [0.4, 0.5) is 5.69 Å². The van der Waals surface area contributed by atoms with Gasteiger partial charge in [-0.25, -0.2) is 0 Å². The van der Waals surface area contributed by atoms with Crippen molar-refractivity contribution in [1.29, 1.82) is 0 Å². The number of carbonyl (C=O) groups excluding carboxylic acids is 1. The SMILES string of the molecule is COC(=O)C1CCC(Oc2ccc(N)c(OC)n2)CC1. The second-order valence-corrected chi connectivity index (χ2v) is 4.86. The van der Waals surface area contributed by atoms with Gasteiger partial charge in [0.25, 0.3) is 0 Å². The number of nitrogen functional groups attached to an aromatic ring is 1. The van der Waals surface area contributed by atoms with Gasteiger partial charge in [-0.15, -0.1) is 0 Å². The number of nitrogens with zero attached hydrogens (tertiary/aromatic N) is 1. The Kier molecular flexibility index (Phi) is 4.65. The summed E-state index contributed by atoms with van der Waals surface area (Å²) in [6.45, 7) is 0. The van der Waals surface area contributed by atoms with Gasteiger partial charge in [-0.05, 0) is 31.7 Å². The minimum Gasteiger partial charge on any atom is -0.479 e. The minimum absolute atomic E-state index is 0.00577. The second kappa shape index (κ2) is 6.45. The molecule has 2 N–H and O–H groups in total. The predicted octanol–water partition coefficient (Wildman–Crippen LogP) is 1.78. The molecule has 20 heavy (non-hydrogen) atoms. The number of methoxy groups -OCH3 is 2. The highest BCUT2D eigenvalue weighted by molar-refractivity contribution is 5.72. The van der Waals surface area contributed by atoms with Gasteiger partial charge >= 0.3 is 5.97 Å². The van der Waals surface area contributed by atoms with Crippen molar-refractivity contribution in [3.63, 3.8) is 0 Å². The number of nitrogens with two attached hydrogens (primary N) is 1. The van der Waals surface area contributed by atoms with Gasteiger partial charge in [0.15, 0.2) is 0 Å². The Morgan fingerprint density at radius 3 is 2.55 bits per heavy atom. The average molecular weight is 280 g/mol. The lowest BCUT2D eigenvalue weighted by atomic mass is 9.87. The number of aromatic nitrogens is 1. The molecule has 1 aliphatic rings. The zero-order chi connectivity index (χ0) is 14.5. The number of carbonyl (C=O) groups is 1. The zero-order valence-electron chi connectivity index (χ0n) is 11.8. The van der Waals surface area contributed by atoms with Gasteiger partial charge in [-0.3, -0.25) is 4.79 Å². The molecule has 0 amide bonds. The maximum Gasteiger partial charge on any atom is 0.308 e. The second-order valence-electron chi connectivity index (χ2n) is 4.86. The summed E-state index contributed by atoms with van der Waals surface area (Å²) in [6, 6.07) is 3.44. The first-order valence-electron chi connectivity index (χ1n) is 6.69. The minimum atomic E-state index is -0.129. The highest BCUT2D eigenvalue weighted by Gasteiger charge is 2.28. The molecule has 110 valence electrons. The standard InChI is InChI=1S/C14H20N2O4/c1-18-13-11(15)7-8-12(16-13)20-10-5-3-9(4-6-10)14(17)19-2/h7-10H,3-6,15H2,1-2H3. The van der Waals surface area contributed by atoms with E-state index in [0.717, 1.165) is 25.7 Å². The van der Waals surface area contributed by atoms with Crippen LogP contribution in [0, 0.1) is 5.92 Å². The van der Waals surface area contributed by atoms with Gasteiger partial charge in [0, 0.05) is 6.07 Å². The van der Waals surface area contributed by atoms with E-state index in [4.69, 9.17) is 19.9 Å². The number of hydrogen-bond donors (Lipinski definition) is 1. The summed E-state index contributed by atoms with van der Waals surface area (Å²) in [7, 11) is 2.94. The number of hydrogen-bond acceptors (Lipinski definition) is 6. The van der Waals surface area contributed by atoms with Crippen LogP contribution in [0.2, 0.25) is 0 Å². The maximum absolute atomic E-state index is 11.4. The molecule has 0 spiro atoms. The molecule has 1 heterocycles. The van der Waals surface area contributed by atoms with Crippen LogP contribution >= 0.6 is 0 Å². The van der Waals surface area contributed by atoms with E-state index in [2.05, 4.69) is 4.98 Å². The van der Waals surface area contributed by atoms with Gasteiger partial charge in [0.2, 0.25) is 11.8 Å². The molecule has 0 aromatic carbocycles. The third-order valence-electron chi connectivity index (χ3n) is 3.55. The lowest BCUT2D eigenvalue weighted by Gasteiger charge is -2.27. The van der Waals surface area contributed by atoms with Crippen LogP contribution in [0.1, 0.15) is 25.7 Å². The van der Waals surface area contributed by atoms with Gasteiger partial charge in [0.1, 0.15) is 6.10 Å². The fraction of sp³-hybridized carbons (Fsp3) is 0.571. The first-order valence-corrected chi connectivity index (χ1v) is 6.69. The molecule has 0 radical (unpaired) electrons. The Labute approximate surface area is 118 Å². The summed E-state index contributed by atoms with van der Waals surface area (Å²) in [5.74, 6) is 0.729. The van der Waals surface area contributed by atoms with Crippen molar-refractivity contribution in [3.8, 4) is 11.8 Å². The summed E-state index contributed by atoms with van der Waals surface area (Å²) >= 11 is 0. The van der Waals surface area contributed by atoms with Crippen LogP contribution in [0.5, 0.6) is 11.8 Å². The van der Waals surface area contributed by atoms with Crippen molar-refractivity contribution in [1.82, 2.24) is 4.98 Å². The first-order chi connectivity index (χ1) is 9.63. The molecule has 0 saturated heterocycles. The van der Waals surface area contributed by atoms with Gasteiger partial charge in [-0.2, -0.15) is 4.98 Å². The molecule has 0 atom stereocenters. The number of ether oxygens (including phenoxy) is 3. The highest BCUT2D eigenvalue weighted by atomic mass is 16.5. The smallest absolute Gasteiger partial charge is 0.308 e. The van der Waals surface area contributed by atoms with Crippen LogP contribution in [0.25, 0.3) is 0 Å². The molecule has 1 saturated carbocycles. The molecule has 0 unspecified atom stereocenters. The molecule has 1 fully saturated rings. The van der Waals surface area contributed by atoms with Gasteiger partial charge in [0.05, 0.1) is 25.8 Å². The number of esters is 1. The molecule has 2 rings (SSSR count). The van der Waals surface area contributed by atoms with Crippen molar-refractivity contribution in [2.24, 2.45) is 5.92 Å². The fourth-order valence-electron chi connectivity index (χ4n) is 2.42. The Morgan fingerprint density at radius 1 is 1.25 bits per heavy atom. The highest BCUT2D eigenvalue weighted by Crippen LogP contribution is 2.29. The molecule has 0 aliphatic heterocycles. The Morgan fingerprint density at radius 2 is 1.95 bits per heavy atom. The largest absolute Gasteiger partial charge is 0.479 e. The van der Waals surface area contributed by atoms with E-state index in [9.17, 15) is 4.79 Å². The lowest BCUT2D eigenvalue weighted by Crippen LogP contribution is -2.28. The zero-order valence-corrected chi connectivity index (χ0v) is 11.8. The van der Waals surface area contributed by atoms with Crippen molar-refractivity contribution in [2.75, 3.05) is 20.0 Å². The van der Waals surface area contributed by atoms with Crippen molar-refractivity contribution < 1.29 is 19.0 Å².